The lowest BCUT2D eigenvalue weighted by Crippen LogP contribution is -2.40. The normalized spacial score (nSPS) is 12.2. The number of H-pyrrole nitrogens is 1. The van der Waals surface area contributed by atoms with Crippen molar-refractivity contribution in [3.8, 4) is 0 Å². The van der Waals surface area contributed by atoms with Gasteiger partial charge < -0.3 is 9.72 Å². The first-order valence-electron chi connectivity index (χ1n) is 5.19. The molecule has 92 valence electrons. The van der Waals surface area contributed by atoms with Crippen LogP contribution in [0.25, 0.3) is 10.2 Å². The molecule has 0 saturated heterocycles. The summed E-state index contributed by atoms with van der Waals surface area (Å²) in [6.07, 6.45) is 0. The molecule has 0 amide bonds. The Kier molecular flexibility index (Phi) is 3.20. The van der Waals surface area contributed by atoms with Crippen LogP contribution in [-0.4, -0.2) is 23.3 Å². The number of nitrogens with one attached hydrogen (secondary N) is 1. The number of ether oxygens (including phenoxy) is 1. The second-order valence-corrected chi connectivity index (χ2v) is 5.78. The number of methoxy groups -OCH3 is 1. The van der Waals surface area contributed by atoms with Crippen LogP contribution < -0.4 is 5.56 Å². The highest BCUT2D eigenvalue weighted by atomic mass is 32.1. The number of fused-ring (bicyclic) bond motifs is 1. The van der Waals surface area contributed by atoms with Crippen LogP contribution >= 0.6 is 23.6 Å². The predicted octanol–water partition coefficient (Wildman–Crippen LogP) is 2.50. The summed E-state index contributed by atoms with van der Waals surface area (Å²) < 4.78 is 7.17. The standard InChI is InChI=1S/C11H14N2O2S2/c1-11(2,6-15-3)13-9(14)7-4-5-17-8(7)12-10(13)16/h4-5H,6H2,1-3H3,(H,12,16). The van der Waals surface area contributed by atoms with Gasteiger partial charge in [0.1, 0.15) is 4.83 Å². The Labute approximate surface area is 108 Å². The van der Waals surface area contributed by atoms with Gasteiger partial charge in [-0.05, 0) is 37.5 Å². The number of rotatable bonds is 3. The lowest BCUT2D eigenvalue weighted by Gasteiger charge is -2.26. The average molecular weight is 270 g/mol. The van der Waals surface area contributed by atoms with Gasteiger partial charge >= 0.3 is 0 Å². The predicted molar refractivity (Wildman–Crippen MR) is 72.5 cm³/mol. The average Bonchev–Trinajstić information content (AvgIpc) is 2.64. The number of hydrogen-bond donors (Lipinski definition) is 1. The van der Waals surface area contributed by atoms with E-state index in [9.17, 15) is 4.79 Å². The van der Waals surface area contributed by atoms with Crippen LogP contribution in [0.15, 0.2) is 16.2 Å². The van der Waals surface area contributed by atoms with E-state index in [1.165, 1.54) is 11.3 Å². The van der Waals surface area contributed by atoms with Gasteiger partial charge in [-0.1, -0.05) is 0 Å². The molecule has 0 saturated carbocycles. The summed E-state index contributed by atoms with van der Waals surface area (Å²) in [5, 5.41) is 2.55. The summed E-state index contributed by atoms with van der Waals surface area (Å²) in [7, 11) is 1.61. The summed E-state index contributed by atoms with van der Waals surface area (Å²) >= 11 is 6.74. The van der Waals surface area contributed by atoms with Crippen LogP contribution in [0.2, 0.25) is 0 Å². The Hall–Kier alpha value is -0.980. The molecule has 0 atom stereocenters. The molecule has 0 aliphatic rings. The zero-order valence-corrected chi connectivity index (χ0v) is 11.6. The van der Waals surface area contributed by atoms with E-state index < -0.39 is 5.54 Å². The minimum atomic E-state index is -0.463. The summed E-state index contributed by atoms with van der Waals surface area (Å²) in [5.41, 5.74) is -0.526. The molecule has 4 nitrogen and oxygen atoms in total. The molecule has 0 spiro atoms. The van der Waals surface area contributed by atoms with E-state index in [1.54, 1.807) is 11.7 Å². The van der Waals surface area contributed by atoms with Crippen molar-refractivity contribution in [2.75, 3.05) is 13.7 Å². The molecular formula is C11H14N2O2S2. The molecule has 0 aromatic carbocycles. The number of nitrogens with zero attached hydrogens (tertiary/aromatic N) is 1. The van der Waals surface area contributed by atoms with Crippen molar-refractivity contribution in [1.29, 1.82) is 0 Å². The van der Waals surface area contributed by atoms with Crippen LogP contribution in [0, 0.1) is 4.77 Å². The maximum atomic E-state index is 12.4. The Morgan fingerprint density at radius 2 is 2.29 bits per heavy atom. The van der Waals surface area contributed by atoms with E-state index in [0.29, 0.717) is 16.8 Å². The molecule has 1 N–H and O–H groups in total. The zero-order valence-electron chi connectivity index (χ0n) is 9.94. The van der Waals surface area contributed by atoms with E-state index in [-0.39, 0.29) is 5.56 Å². The fourth-order valence-corrected chi connectivity index (χ4v) is 3.18. The van der Waals surface area contributed by atoms with Gasteiger partial charge in [0.2, 0.25) is 0 Å². The monoisotopic (exact) mass is 270 g/mol. The molecule has 6 heteroatoms. The van der Waals surface area contributed by atoms with E-state index in [0.717, 1.165) is 4.83 Å². The second kappa shape index (κ2) is 4.36. The Bertz CT molecular complexity index is 651. The molecule has 2 aromatic heterocycles. The molecule has 0 bridgehead atoms. The SMILES string of the molecule is COCC(C)(C)n1c(=S)[nH]c2sccc2c1=O. The third kappa shape index (κ3) is 2.08. The molecule has 2 heterocycles. The van der Waals surface area contributed by atoms with Crippen molar-refractivity contribution in [2.24, 2.45) is 0 Å². The Morgan fingerprint density at radius 1 is 1.59 bits per heavy atom. The molecule has 0 radical (unpaired) electrons. The van der Waals surface area contributed by atoms with Crippen molar-refractivity contribution in [1.82, 2.24) is 9.55 Å². The highest BCUT2D eigenvalue weighted by molar-refractivity contribution is 7.71. The maximum Gasteiger partial charge on any atom is 0.263 e. The van der Waals surface area contributed by atoms with Gasteiger partial charge in [-0.25, -0.2) is 0 Å². The summed E-state index contributed by atoms with van der Waals surface area (Å²) in [4.78, 5) is 16.3. The summed E-state index contributed by atoms with van der Waals surface area (Å²) in [6.45, 7) is 4.29. The van der Waals surface area contributed by atoms with E-state index >= 15 is 0 Å². The Morgan fingerprint density at radius 3 is 2.94 bits per heavy atom. The first-order valence-corrected chi connectivity index (χ1v) is 6.48. The minimum Gasteiger partial charge on any atom is -0.382 e. The fourth-order valence-electron chi connectivity index (χ4n) is 1.91. The third-order valence-electron chi connectivity index (χ3n) is 2.63. The highest BCUT2D eigenvalue weighted by Crippen LogP contribution is 2.18. The van der Waals surface area contributed by atoms with Crippen molar-refractivity contribution in [2.45, 2.75) is 19.4 Å². The number of aromatic amines is 1. The Balaban J connectivity index is 2.77. The summed E-state index contributed by atoms with van der Waals surface area (Å²) in [5.74, 6) is 0. The van der Waals surface area contributed by atoms with Gasteiger partial charge in [0.15, 0.2) is 4.77 Å². The van der Waals surface area contributed by atoms with Gasteiger partial charge in [0, 0.05) is 7.11 Å². The quantitative estimate of drug-likeness (QED) is 0.872. The lowest BCUT2D eigenvalue weighted by molar-refractivity contribution is 0.106. The first-order chi connectivity index (χ1) is 7.97. The van der Waals surface area contributed by atoms with E-state index in [2.05, 4.69) is 4.98 Å². The van der Waals surface area contributed by atoms with E-state index in [1.807, 2.05) is 25.3 Å². The van der Waals surface area contributed by atoms with Gasteiger partial charge in [0.05, 0.1) is 17.5 Å². The molecule has 2 rings (SSSR count). The van der Waals surface area contributed by atoms with Crippen molar-refractivity contribution in [3.05, 3.63) is 26.6 Å². The van der Waals surface area contributed by atoms with Crippen molar-refractivity contribution < 1.29 is 4.74 Å². The third-order valence-corrected chi connectivity index (χ3v) is 3.74. The second-order valence-electron chi connectivity index (χ2n) is 4.48. The molecule has 0 aliphatic heterocycles. The molecule has 2 aromatic rings. The van der Waals surface area contributed by atoms with Gasteiger partial charge in [-0.2, -0.15) is 0 Å². The molecule has 0 fully saturated rings. The smallest absolute Gasteiger partial charge is 0.263 e. The van der Waals surface area contributed by atoms with Crippen LogP contribution in [0.1, 0.15) is 13.8 Å². The van der Waals surface area contributed by atoms with Crippen LogP contribution in [-0.2, 0) is 10.3 Å². The van der Waals surface area contributed by atoms with Crippen molar-refractivity contribution in [3.63, 3.8) is 0 Å². The largest absolute Gasteiger partial charge is 0.382 e. The summed E-state index contributed by atoms with van der Waals surface area (Å²) in [6, 6.07) is 1.81. The molecule has 0 unspecified atom stereocenters. The zero-order chi connectivity index (χ0) is 12.6. The fraction of sp³-hybridized carbons (Fsp3) is 0.455. The lowest BCUT2D eigenvalue weighted by atomic mass is 10.1. The minimum absolute atomic E-state index is 0.0629. The molecular weight excluding hydrogens is 256 g/mol. The van der Waals surface area contributed by atoms with Gasteiger partial charge in [-0.3, -0.25) is 9.36 Å². The molecule has 17 heavy (non-hydrogen) atoms. The topological polar surface area (TPSA) is 47.0 Å². The van der Waals surface area contributed by atoms with Crippen molar-refractivity contribution >= 4 is 33.8 Å². The number of hydrogen-bond acceptors (Lipinski definition) is 4. The van der Waals surface area contributed by atoms with Crippen LogP contribution in [0.4, 0.5) is 0 Å². The maximum absolute atomic E-state index is 12.4. The van der Waals surface area contributed by atoms with Gasteiger partial charge in [0.25, 0.3) is 5.56 Å². The highest BCUT2D eigenvalue weighted by Gasteiger charge is 2.24. The van der Waals surface area contributed by atoms with E-state index in [4.69, 9.17) is 17.0 Å². The number of thiophene rings is 1. The first kappa shape index (κ1) is 12.5. The number of aromatic nitrogens is 2. The molecule has 0 aliphatic carbocycles. The van der Waals surface area contributed by atoms with Crippen LogP contribution in [0.5, 0.6) is 0 Å². The van der Waals surface area contributed by atoms with Gasteiger partial charge in [-0.15, -0.1) is 11.3 Å². The van der Waals surface area contributed by atoms with Crippen LogP contribution in [0.3, 0.4) is 0 Å².